The molecule has 0 fully saturated rings. The van der Waals surface area contributed by atoms with E-state index in [0.29, 0.717) is 21.5 Å². The molecule has 0 bridgehead atoms. The molecule has 3 nitrogen and oxygen atoms in total. The number of H-pyrrole nitrogens is 1. The van der Waals surface area contributed by atoms with Gasteiger partial charge in [0.2, 0.25) is 0 Å². The second kappa shape index (κ2) is 4.93. The molecule has 0 amide bonds. The minimum absolute atomic E-state index is 0.0113. The van der Waals surface area contributed by atoms with Crippen LogP contribution in [0.1, 0.15) is 11.1 Å². The molecular formula is C17H14ClNO2. The molecule has 0 saturated carbocycles. The van der Waals surface area contributed by atoms with Crippen LogP contribution in [-0.4, -0.2) is 10.1 Å². The number of aromatic hydroxyl groups is 1. The van der Waals surface area contributed by atoms with Gasteiger partial charge in [0, 0.05) is 10.4 Å². The molecule has 2 aromatic carbocycles. The molecule has 0 aliphatic carbocycles. The maximum absolute atomic E-state index is 12.3. The maximum atomic E-state index is 12.3. The van der Waals surface area contributed by atoms with Crippen LogP contribution < -0.4 is 5.56 Å². The molecule has 1 heterocycles. The van der Waals surface area contributed by atoms with Crippen LogP contribution in [0, 0.1) is 13.8 Å². The lowest BCUT2D eigenvalue weighted by Crippen LogP contribution is -2.10. The number of halogens is 1. The van der Waals surface area contributed by atoms with Crippen molar-refractivity contribution in [1.82, 2.24) is 4.98 Å². The third-order valence-corrected chi connectivity index (χ3v) is 4.09. The van der Waals surface area contributed by atoms with Gasteiger partial charge in [0.1, 0.15) is 5.75 Å². The summed E-state index contributed by atoms with van der Waals surface area (Å²) >= 11 is 6.07. The van der Waals surface area contributed by atoms with E-state index in [9.17, 15) is 9.90 Å². The second-order valence-corrected chi connectivity index (χ2v) is 5.55. The fourth-order valence-electron chi connectivity index (χ4n) is 2.51. The first kappa shape index (κ1) is 13.7. The van der Waals surface area contributed by atoms with E-state index in [0.717, 1.165) is 16.7 Å². The van der Waals surface area contributed by atoms with Gasteiger partial charge in [-0.3, -0.25) is 4.79 Å². The zero-order valence-electron chi connectivity index (χ0n) is 11.7. The average molecular weight is 300 g/mol. The third-order valence-electron chi connectivity index (χ3n) is 3.68. The predicted octanol–water partition coefficient (Wildman–Crippen LogP) is 4.17. The van der Waals surface area contributed by atoms with Crippen LogP contribution in [-0.2, 0) is 0 Å². The van der Waals surface area contributed by atoms with Gasteiger partial charge in [-0.2, -0.15) is 0 Å². The number of benzene rings is 2. The van der Waals surface area contributed by atoms with Gasteiger partial charge >= 0.3 is 0 Å². The third kappa shape index (κ3) is 2.20. The van der Waals surface area contributed by atoms with Crippen molar-refractivity contribution < 1.29 is 5.11 Å². The molecule has 0 saturated heterocycles. The largest absolute Gasteiger partial charge is 0.506 e. The Hall–Kier alpha value is -2.26. The number of fused-ring (bicyclic) bond motifs is 1. The molecule has 0 radical (unpaired) electrons. The Morgan fingerprint density at radius 2 is 1.81 bits per heavy atom. The van der Waals surface area contributed by atoms with Gasteiger partial charge in [-0.25, -0.2) is 0 Å². The highest BCUT2D eigenvalue weighted by Crippen LogP contribution is 2.35. The van der Waals surface area contributed by atoms with E-state index in [-0.39, 0.29) is 11.3 Å². The van der Waals surface area contributed by atoms with Crippen LogP contribution in [0.15, 0.2) is 41.2 Å². The first-order chi connectivity index (χ1) is 9.99. The lowest BCUT2D eigenvalue weighted by Gasteiger charge is -2.11. The van der Waals surface area contributed by atoms with Crippen LogP contribution in [0.25, 0.3) is 22.0 Å². The molecule has 3 rings (SSSR count). The van der Waals surface area contributed by atoms with Crippen molar-refractivity contribution in [3.63, 3.8) is 0 Å². The molecule has 3 aromatic rings. The molecule has 2 N–H and O–H groups in total. The minimum Gasteiger partial charge on any atom is -0.506 e. The Labute approximate surface area is 126 Å². The van der Waals surface area contributed by atoms with E-state index < -0.39 is 0 Å². The summed E-state index contributed by atoms with van der Waals surface area (Å²) in [5.41, 5.74) is 3.01. The van der Waals surface area contributed by atoms with Gasteiger partial charge in [0.25, 0.3) is 5.56 Å². The number of aromatic nitrogens is 1. The molecule has 4 heteroatoms. The highest BCUT2D eigenvalue weighted by atomic mass is 35.5. The standard InChI is InChI=1S/C17H14ClNO2/c1-9-5-3-4-6-11(9)15-16(20)12-7-10(2)13(18)8-14(12)19-17(15)21/h3-8H,1-2H3,(H2,19,20,21). The van der Waals surface area contributed by atoms with Crippen LogP contribution in [0.4, 0.5) is 0 Å². The quantitative estimate of drug-likeness (QED) is 0.708. The summed E-state index contributed by atoms with van der Waals surface area (Å²) in [6, 6.07) is 10.9. The molecular weight excluding hydrogens is 286 g/mol. The lowest BCUT2D eigenvalue weighted by molar-refractivity contribution is 0.482. The van der Waals surface area contributed by atoms with E-state index >= 15 is 0 Å². The highest BCUT2D eigenvalue weighted by molar-refractivity contribution is 6.32. The molecule has 0 spiro atoms. The summed E-state index contributed by atoms with van der Waals surface area (Å²) < 4.78 is 0. The number of hydrogen-bond donors (Lipinski definition) is 2. The van der Waals surface area contributed by atoms with Crippen LogP contribution >= 0.6 is 11.6 Å². The number of rotatable bonds is 1. The van der Waals surface area contributed by atoms with E-state index in [1.165, 1.54) is 0 Å². The SMILES string of the molecule is Cc1cc2c(O)c(-c3ccccc3C)c(=O)[nH]c2cc1Cl. The van der Waals surface area contributed by atoms with Crippen molar-refractivity contribution >= 4 is 22.5 Å². The highest BCUT2D eigenvalue weighted by Gasteiger charge is 2.16. The van der Waals surface area contributed by atoms with Crippen molar-refractivity contribution in [1.29, 1.82) is 0 Å². The first-order valence-corrected chi connectivity index (χ1v) is 6.98. The predicted molar refractivity (Wildman–Crippen MR) is 86.2 cm³/mol. The zero-order chi connectivity index (χ0) is 15.1. The fourth-order valence-corrected chi connectivity index (χ4v) is 2.67. The molecule has 21 heavy (non-hydrogen) atoms. The molecule has 0 aliphatic rings. The Morgan fingerprint density at radius 3 is 2.52 bits per heavy atom. The number of aryl methyl sites for hydroxylation is 2. The Morgan fingerprint density at radius 1 is 1.10 bits per heavy atom. The van der Waals surface area contributed by atoms with Gasteiger partial charge in [0.05, 0.1) is 11.1 Å². The maximum Gasteiger partial charge on any atom is 0.260 e. The van der Waals surface area contributed by atoms with Crippen LogP contribution in [0.3, 0.4) is 0 Å². The van der Waals surface area contributed by atoms with Gasteiger partial charge in [-0.15, -0.1) is 0 Å². The second-order valence-electron chi connectivity index (χ2n) is 5.14. The normalized spacial score (nSPS) is 11.0. The smallest absolute Gasteiger partial charge is 0.260 e. The summed E-state index contributed by atoms with van der Waals surface area (Å²) in [6.45, 7) is 3.77. The minimum atomic E-state index is -0.325. The molecule has 0 atom stereocenters. The van der Waals surface area contributed by atoms with Crippen LogP contribution in [0.2, 0.25) is 5.02 Å². The van der Waals surface area contributed by atoms with Crippen LogP contribution in [0.5, 0.6) is 5.75 Å². The van der Waals surface area contributed by atoms with Crippen molar-refractivity contribution in [2.75, 3.05) is 0 Å². The van der Waals surface area contributed by atoms with Gasteiger partial charge in [0.15, 0.2) is 0 Å². The summed E-state index contributed by atoms with van der Waals surface area (Å²) in [5, 5.41) is 11.7. The van der Waals surface area contributed by atoms with E-state index in [4.69, 9.17) is 11.6 Å². The monoisotopic (exact) mass is 299 g/mol. The zero-order valence-corrected chi connectivity index (χ0v) is 12.5. The average Bonchev–Trinajstić information content (AvgIpc) is 2.43. The van der Waals surface area contributed by atoms with Crippen molar-refractivity contribution in [2.45, 2.75) is 13.8 Å². The van der Waals surface area contributed by atoms with Crippen molar-refractivity contribution in [3.05, 3.63) is 62.9 Å². The Balaban J connectivity index is 2.43. The number of aromatic amines is 1. The number of nitrogens with one attached hydrogen (secondary N) is 1. The summed E-state index contributed by atoms with van der Waals surface area (Å²) in [7, 11) is 0. The van der Waals surface area contributed by atoms with Gasteiger partial charge < -0.3 is 10.1 Å². The molecule has 1 aromatic heterocycles. The summed E-state index contributed by atoms with van der Waals surface area (Å²) in [6.07, 6.45) is 0. The number of hydrogen-bond acceptors (Lipinski definition) is 2. The van der Waals surface area contributed by atoms with Crippen molar-refractivity contribution in [2.24, 2.45) is 0 Å². The van der Waals surface area contributed by atoms with E-state index in [1.807, 2.05) is 38.1 Å². The number of pyridine rings is 1. The Bertz CT molecular complexity index is 913. The summed E-state index contributed by atoms with van der Waals surface area (Å²) in [4.78, 5) is 15.1. The lowest BCUT2D eigenvalue weighted by atomic mass is 9.99. The van der Waals surface area contributed by atoms with Gasteiger partial charge in [-0.1, -0.05) is 35.9 Å². The Kier molecular flexibility index (Phi) is 3.22. The van der Waals surface area contributed by atoms with Gasteiger partial charge in [-0.05, 0) is 42.7 Å². The topological polar surface area (TPSA) is 53.1 Å². The molecule has 106 valence electrons. The molecule has 0 unspecified atom stereocenters. The van der Waals surface area contributed by atoms with E-state index in [1.54, 1.807) is 12.1 Å². The summed E-state index contributed by atoms with van der Waals surface area (Å²) in [5.74, 6) is -0.0113. The van der Waals surface area contributed by atoms with E-state index in [2.05, 4.69) is 4.98 Å². The fraction of sp³-hybridized carbons (Fsp3) is 0.118. The molecule has 0 aliphatic heterocycles. The first-order valence-electron chi connectivity index (χ1n) is 6.60. The van der Waals surface area contributed by atoms with Crippen molar-refractivity contribution in [3.8, 4) is 16.9 Å².